The quantitative estimate of drug-likeness (QED) is 0.798. The molecule has 0 aliphatic heterocycles. The summed E-state index contributed by atoms with van der Waals surface area (Å²) in [6.07, 6.45) is 0.301. The van der Waals surface area contributed by atoms with Crippen molar-refractivity contribution >= 4 is 22.5 Å². The minimum atomic E-state index is -0.335. The Bertz CT molecular complexity index is 450. The number of aliphatic hydroxyl groups excluding tert-OH is 1. The van der Waals surface area contributed by atoms with E-state index < -0.39 is 0 Å². The Balaban J connectivity index is 2.44. The second-order valence-electron chi connectivity index (χ2n) is 3.44. The molecule has 2 aromatic rings. The number of aromatic nitrogens is 2. The lowest BCUT2D eigenvalue weighted by atomic mass is 10.1. The van der Waals surface area contributed by atoms with Crippen LogP contribution >= 0.6 is 11.6 Å². The molecule has 2 rings (SSSR count). The molecule has 3 nitrogen and oxygen atoms in total. The van der Waals surface area contributed by atoms with E-state index in [9.17, 15) is 5.11 Å². The van der Waals surface area contributed by atoms with Crippen LogP contribution < -0.4 is 0 Å². The van der Waals surface area contributed by atoms with Crippen molar-refractivity contribution in [2.45, 2.75) is 19.4 Å². The lowest BCUT2D eigenvalue weighted by Gasteiger charge is -2.03. The molecule has 0 aliphatic carbocycles. The van der Waals surface area contributed by atoms with Crippen molar-refractivity contribution in [2.24, 2.45) is 0 Å². The molecule has 4 heteroatoms. The second kappa shape index (κ2) is 3.59. The maximum absolute atomic E-state index is 9.24. The fourth-order valence-electron chi connectivity index (χ4n) is 1.49. The molecular formula is C10H11ClN2O. The number of hydrogen-bond acceptors (Lipinski definition) is 2. The van der Waals surface area contributed by atoms with Gasteiger partial charge >= 0.3 is 0 Å². The minimum Gasteiger partial charge on any atom is -0.393 e. The summed E-state index contributed by atoms with van der Waals surface area (Å²) in [5, 5.41) is 17.4. The third kappa shape index (κ3) is 1.74. The zero-order valence-electron chi connectivity index (χ0n) is 7.79. The Morgan fingerprint density at radius 3 is 3.07 bits per heavy atom. The highest BCUT2D eigenvalue weighted by Crippen LogP contribution is 2.21. The lowest BCUT2D eigenvalue weighted by Crippen LogP contribution is -2.03. The molecule has 0 saturated carbocycles. The maximum Gasteiger partial charge on any atom is 0.132 e. The van der Waals surface area contributed by atoms with Crippen LogP contribution in [0.15, 0.2) is 18.2 Å². The zero-order chi connectivity index (χ0) is 10.1. The van der Waals surface area contributed by atoms with Crippen molar-refractivity contribution in [1.82, 2.24) is 10.2 Å². The van der Waals surface area contributed by atoms with E-state index in [-0.39, 0.29) is 6.10 Å². The fraction of sp³-hybridized carbons (Fsp3) is 0.300. The molecule has 0 radical (unpaired) electrons. The van der Waals surface area contributed by atoms with E-state index in [2.05, 4.69) is 10.2 Å². The van der Waals surface area contributed by atoms with E-state index in [0.717, 1.165) is 16.5 Å². The number of halogens is 1. The number of aliphatic hydroxyl groups is 1. The van der Waals surface area contributed by atoms with Gasteiger partial charge in [0.15, 0.2) is 0 Å². The summed E-state index contributed by atoms with van der Waals surface area (Å²) >= 11 is 5.90. The first-order chi connectivity index (χ1) is 6.66. The largest absolute Gasteiger partial charge is 0.393 e. The summed E-state index contributed by atoms with van der Waals surface area (Å²) in [5.41, 5.74) is 1.92. The number of fused-ring (bicyclic) bond motifs is 1. The number of H-pyrrole nitrogens is 1. The first-order valence-corrected chi connectivity index (χ1v) is 4.85. The lowest BCUT2D eigenvalue weighted by molar-refractivity contribution is 0.195. The summed E-state index contributed by atoms with van der Waals surface area (Å²) in [5.74, 6) is 0. The van der Waals surface area contributed by atoms with Crippen molar-refractivity contribution in [3.63, 3.8) is 0 Å². The summed E-state index contributed by atoms with van der Waals surface area (Å²) in [7, 11) is 0. The summed E-state index contributed by atoms with van der Waals surface area (Å²) in [4.78, 5) is 0. The van der Waals surface area contributed by atoms with Crippen molar-refractivity contribution < 1.29 is 5.11 Å². The Hall–Kier alpha value is -1.06. The number of rotatable bonds is 2. The third-order valence-corrected chi connectivity index (χ3v) is 2.39. The topological polar surface area (TPSA) is 48.9 Å². The summed E-state index contributed by atoms with van der Waals surface area (Å²) in [6.45, 7) is 1.77. The zero-order valence-corrected chi connectivity index (χ0v) is 8.54. The monoisotopic (exact) mass is 210 g/mol. The molecule has 1 atom stereocenters. The van der Waals surface area contributed by atoms with Gasteiger partial charge in [0.05, 0.1) is 11.6 Å². The Morgan fingerprint density at radius 2 is 2.36 bits per heavy atom. The van der Waals surface area contributed by atoms with E-state index in [1.54, 1.807) is 6.92 Å². The van der Waals surface area contributed by atoms with Crippen LogP contribution in [0, 0.1) is 0 Å². The van der Waals surface area contributed by atoms with Crippen molar-refractivity contribution in [3.05, 3.63) is 28.9 Å². The minimum absolute atomic E-state index is 0.335. The van der Waals surface area contributed by atoms with Gasteiger partial charge in [-0.25, -0.2) is 0 Å². The van der Waals surface area contributed by atoms with Crippen molar-refractivity contribution in [2.75, 3.05) is 0 Å². The molecule has 2 N–H and O–H groups in total. The number of benzene rings is 1. The van der Waals surface area contributed by atoms with Crippen molar-refractivity contribution in [3.8, 4) is 0 Å². The van der Waals surface area contributed by atoms with Gasteiger partial charge in [0.25, 0.3) is 0 Å². The normalized spacial score (nSPS) is 13.4. The highest BCUT2D eigenvalue weighted by Gasteiger charge is 2.05. The van der Waals surface area contributed by atoms with Gasteiger partial charge in [-0.15, -0.1) is 0 Å². The van der Waals surface area contributed by atoms with Crippen molar-refractivity contribution in [1.29, 1.82) is 0 Å². The van der Waals surface area contributed by atoms with Gasteiger partial charge in [0.1, 0.15) is 5.15 Å². The molecule has 0 amide bonds. The van der Waals surface area contributed by atoms with E-state index in [1.807, 2.05) is 18.2 Å². The average Bonchev–Trinajstić information content (AvgIpc) is 2.47. The molecule has 0 bridgehead atoms. The van der Waals surface area contributed by atoms with Gasteiger partial charge in [0, 0.05) is 5.39 Å². The van der Waals surface area contributed by atoms with Crippen LogP contribution in [0.4, 0.5) is 0 Å². The molecule has 74 valence electrons. The maximum atomic E-state index is 9.24. The average molecular weight is 211 g/mol. The standard InChI is InChI=1S/C10H11ClN2O/c1-6(14)4-7-2-3-9-8(5-7)10(11)13-12-9/h2-3,5-6,14H,4H2,1H3,(H,12,13). The van der Waals surface area contributed by atoms with E-state index in [0.29, 0.717) is 11.6 Å². The SMILES string of the molecule is CC(O)Cc1ccc2n[nH]c(Cl)c2c1. The second-order valence-corrected chi connectivity index (χ2v) is 3.82. The first-order valence-electron chi connectivity index (χ1n) is 4.47. The van der Waals surface area contributed by atoms with Gasteiger partial charge in [-0.05, 0) is 31.0 Å². The van der Waals surface area contributed by atoms with Gasteiger partial charge in [-0.2, -0.15) is 5.10 Å². The molecular weight excluding hydrogens is 200 g/mol. The van der Waals surface area contributed by atoms with Crippen LogP contribution in [0.2, 0.25) is 5.15 Å². The van der Waals surface area contributed by atoms with Crippen LogP contribution in [0.3, 0.4) is 0 Å². The first kappa shape index (κ1) is 9.49. The van der Waals surface area contributed by atoms with Crippen LogP contribution in [0.25, 0.3) is 10.9 Å². The predicted octanol–water partition coefficient (Wildman–Crippen LogP) is 2.14. The Morgan fingerprint density at radius 1 is 1.57 bits per heavy atom. The van der Waals surface area contributed by atoms with Crippen LogP contribution in [-0.4, -0.2) is 21.4 Å². The molecule has 1 aromatic heterocycles. The van der Waals surface area contributed by atoms with Gasteiger partial charge in [0.2, 0.25) is 0 Å². The molecule has 1 aromatic carbocycles. The Kier molecular flexibility index (Phi) is 2.44. The van der Waals surface area contributed by atoms with Gasteiger partial charge in [-0.1, -0.05) is 17.7 Å². The predicted molar refractivity (Wildman–Crippen MR) is 56.5 cm³/mol. The number of aromatic amines is 1. The van der Waals surface area contributed by atoms with Gasteiger partial charge in [-0.3, -0.25) is 5.10 Å². The molecule has 0 aliphatic rings. The van der Waals surface area contributed by atoms with E-state index in [4.69, 9.17) is 11.6 Å². The van der Waals surface area contributed by atoms with Crippen LogP contribution in [0.5, 0.6) is 0 Å². The van der Waals surface area contributed by atoms with Gasteiger partial charge < -0.3 is 5.11 Å². The third-order valence-electron chi connectivity index (χ3n) is 2.10. The molecule has 0 fully saturated rings. The molecule has 0 saturated heterocycles. The summed E-state index contributed by atoms with van der Waals surface area (Å²) < 4.78 is 0. The van der Waals surface area contributed by atoms with Crippen LogP contribution in [0.1, 0.15) is 12.5 Å². The number of hydrogen-bond donors (Lipinski definition) is 2. The summed E-state index contributed by atoms with van der Waals surface area (Å²) in [6, 6.07) is 5.80. The van der Waals surface area contributed by atoms with Crippen LogP contribution in [-0.2, 0) is 6.42 Å². The molecule has 14 heavy (non-hydrogen) atoms. The molecule has 0 spiro atoms. The highest BCUT2D eigenvalue weighted by atomic mass is 35.5. The smallest absolute Gasteiger partial charge is 0.132 e. The van der Waals surface area contributed by atoms with E-state index in [1.165, 1.54) is 0 Å². The fourth-order valence-corrected chi connectivity index (χ4v) is 1.69. The molecule has 1 heterocycles. The number of nitrogens with one attached hydrogen (secondary N) is 1. The molecule has 1 unspecified atom stereocenters. The Labute approximate surface area is 86.7 Å². The number of nitrogens with zero attached hydrogens (tertiary/aromatic N) is 1. The van der Waals surface area contributed by atoms with E-state index >= 15 is 0 Å². The highest BCUT2D eigenvalue weighted by molar-refractivity contribution is 6.34.